The van der Waals surface area contributed by atoms with Crippen LogP contribution < -0.4 is 9.47 Å². The van der Waals surface area contributed by atoms with Gasteiger partial charge in [0.05, 0.1) is 18.2 Å². The molecule has 0 fully saturated rings. The Kier molecular flexibility index (Phi) is 3.60. The first kappa shape index (κ1) is 10.4. The highest BCUT2D eigenvalue weighted by atomic mass is 79.9. The lowest BCUT2D eigenvalue weighted by molar-refractivity contribution is 0.334. The average molecular weight is 245 g/mol. The van der Waals surface area contributed by atoms with E-state index in [-0.39, 0.29) is 0 Å². The zero-order valence-corrected chi connectivity index (χ0v) is 9.64. The second-order valence-corrected chi connectivity index (χ2v) is 3.54. The summed E-state index contributed by atoms with van der Waals surface area (Å²) in [5.74, 6) is 1.73. The Hall–Kier alpha value is -0.700. The topological polar surface area (TPSA) is 18.5 Å². The van der Waals surface area contributed by atoms with Crippen molar-refractivity contribution < 1.29 is 9.47 Å². The summed E-state index contributed by atoms with van der Waals surface area (Å²) >= 11 is 3.43. The summed E-state index contributed by atoms with van der Waals surface area (Å²) in [5, 5.41) is 0. The molecule has 2 nitrogen and oxygen atoms in total. The van der Waals surface area contributed by atoms with Crippen molar-refractivity contribution in [3.63, 3.8) is 0 Å². The minimum absolute atomic E-state index is 0.672. The molecule has 13 heavy (non-hydrogen) atoms. The Morgan fingerprint density at radius 2 is 2.08 bits per heavy atom. The van der Waals surface area contributed by atoms with Crippen molar-refractivity contribution in [1.82, 2.24) is 0 Å². The van der Waals surface area contributed by atoms with Gasteiger partial charge in [-0.05, 0) is 47.5 Å². The first-order chi connectivity index (χ1) is 6.19. The van der Waals surface area contributed by atoms with Gasteiger partial charge < -0.3 is 9.47 Å². The van der Waals surface area contributed by atoms with Gasteiger partial charge in [0.15, 0.2) is 0 Å². The number of benzene rings is 1. The largest absolute Gasteiger partial charge is 0.497 e. The van der Waals surface area contributed by atoms with Crippen molar-refractivity contribution in [2.75, 3.05) is 13.7 Å². The SMILES string of the molecule is CCOc1c(C)cc(OC)cc1Br. The number of ether oxygens (including phenoxy) is 2. The Morgan fingerprint density at radius 1 is 1.38 bits per heavy atom. The lowest BCUT2D eigenvalue weighted by Crippen LogP contribution is -1.95. The molecule has 0 amide bonds. The molecule has 0 unspecified atom stereocenters. The molecule has 0 aromatic heterocycles. The van der Waals surface area contributed by atoms with Crippen molar-refractivity contribution in [3.05, 3.63) is 22.2 Å². The maximum Gasteiger partial charge on any atom is 0.136 e. The molecule has 0 saturated heterocycles. The second kappa shape index (κ2) is 4.51. The zero-order valence-electron chi connectivity index (χ0n) is 8.06. The fourth-order valence-electron chi connectivity index (χ4n) is 1.14. The van der Waals surface area contributed by atoms with Gasteiger partial charge in [-0.15, -0.1) is 0 Å². The number of methoxy groups -OCH3 is 1. The minimum Gasteiger partial charge on any atom is -0.497 e. The highest BCUT2D eigenvalue weighted by Crippen LogP contribution is 2.33. The smallest absolute Gasteiger partial charge is 0.136 e. The van der Waals surface area contributed by atoms with Crippen LogP contribution in [0.3, 0.4) is 0 Å². The highest BCUT2D eigenvalue weighted by molar-refractivity contribution is 9.10. The lowest BCUT2D eigenvalue weighted by Gasteiger charge is -2.10. The van der Waals surface area contributed by atoms with Gasteiger partial charge >= 0.3 is 0 Å². The minimum atomic E-state index is 0.672. The third kappa shape index (κ3) is 2.37. The van der Waals surface area contributed by atoms with Crippen LogP contribution in [0, 0.1) is 6.92 Å². The van der Waals surface area contributed by atoms with Crippen LogP contribution in [-0.2, 0) is 0 Å². The summed E-state index contributed by atoms with van der Waals surface area (Å²) < 4.78 is 11.5. The van der Waals surface area contributed by atoms with Crippen molar-refractivity contribution in [1.29, 1.82) is 0 Å². The van der Waals surface area contributed by atoms with E-state index in [4.69, 9.17) is 9.47 Å². The van der Waals surface area contributed by atoms with Crippen LogP contribution in [0.15, 0.2) is 16.6 Å². The third-order valence-electron chi connectivity index (χ3n) is 1.73. The molecule has 1 rings (SSSR count). The van der Waals surface area contributed by atoms with E-state index in [9.17, 15) is 0 Å². The number of hydrogen-bond donors (Lipinski definition) is 0. The third-order valence-corrected chi connectivity index (χ3v) is 2.32. The van der Waals surface area contributed by atoms with Crippen molar-refractivity contribution in [2.45, 2.75) is 13.8 Å². The normalized spacial score (nSPS) is 9.85. The summed E-state index contributed by atoms with van der Waals surface area (Å²) in [4.78, 5) is 0. The van der Waals surface area contributed by atoms with Gasteiger partial charge in [0.25, 0.3) is 0 Å². The molecule has 0 heterocycles. The molecule has 1 aromatic carbocycles. The molecule has 0 spiro atoms. The molecule has 72 valence electrons. The Balaban J connectivity index is 3.07. The van der Waals surface area contributed by atoms with Crippen LogP contribution in [0.25, 0.3) is 0 Å². The molecule has 0 radical (unpaired) electrons. The van der Waals surface area contributed by atoms with E-state index >= 15 is 0 Å². The lowest BCUT2D eigenvalue weighted by atomic mass is 10.2. The predicted molar refractivity (Wildman–Crippen MR) is 56.6 cm³/mol. The van der Waals surface area contributed by atoms with Gasteiger partial charge in [0.1, 0.15) is 11.5 Å². The van der Waals surface area contributed by atoms with Crippen LogP contribution in [0.4, 0.5) is 0 Å². The van der Waals surface area contributed by atoms with Crippen LogP contribution in [-0.4, -0.2) is 13.7 Å². The molecule has 0 atom stereocenters. The quantitative estimate of drug-likeness (QED) is 0.814. The van der Waals surface area contributed by atoms with Gasteiger partial charge in [0.2, 0.25) is 0 Å². The number of halogens is 1. The summed E-state index contributed by atoms with van der Waals surface area (Å²) in [5.41, 5.74) is 1.08. The van der Waals surface area contributed by atoms with Gasteiger partial charge in [-0.25, -0.2) is 0 Å². The van der Waals surface area contributed by atoms with Gasteiger partial charge in [0, 0.05) is 0 Å². The van der Waals surface area contributed by atoms with E-state index in [2.05, 4.69) is 15.9 Å². The van der Waals surface area contributed by atoms with Gasteiger partial charge in [-0.2, -0.15) is 0 Å². The Labute approximate surface area is 87.0 Å². The zero-order chi connectivity index (χ0) is 9.84. The van der Waals surface area contributed by atoms with Crippen molar-refractivity contribution in [3.8, 4) is 11.5 Å². The average Bonchev–Trinajstić information content (AvgIpc) is 2.11. The molecule has 3 heteroatoms. The summed E-state index contributed by atoms with van der Waals surface area (Å²) in [6.07, 6.45) is 0. The van der Waals surface area contributed by atoms with Crippen LogP contribution in [0.1, 0.15) is 12.5 Å². The Morgan fingerprint density at radius 3 is 2.54 bits per heavy atom. The maximum absolute atomic E-state index is 5.46. The molecule has 0 bridgehead atoms. The molecular formula is C10H13BrO2. The molecule has 0 saturated carbocycles. The standard InChI is InChI=1S/C10H13BrO2/c1-4-13-10-7(2)5-8(12-3)6-9(10)11/h5-6H,4H2,1-3H3. The Bertz CT molecular complexity index is 274. The maximum atomic E-state index is 5.46. The van der Waals surface area contributed by atoms with Crippen LogP contribution in [0.5, 0.6) is 11.5 Å². The summed E-state index contributed by atoms with van der Waals surface area (Å²) in [7, 11) is 1.65. The fourth-order valence-corrected chi connectivity index (χ4v) is 1.80. The summed E-state index contributed by atoms with van der Waals surface area (Å²) in [6.45, 7) is 4.64. The monoisotopic (exact) mass is 244 g/mol. The first-order valence-electron chi connectivity index (χ1n) is 4.16. The van der Waals surface area contributed by atoms with Gasteiger partial charge in [-0.1, -0.05) is 0 Å². The van der Waals surface area contributed by atoms with E-state index in [0.29, 0.717) is 6.61 Å². The number of hydrogen-bond acceptors (Lipinski definition) is 2. The van der Waals surface area contributed by atoms with Crippen LogP contribution in [0.2, 0.25) is 0 Å². The predicted octanol–water partition coefficient (Wildman–Crippen LogP) is 3.16. The van der Waals surface area contributed by atoms with E-state index in [1.165, 1.54) is 0 Å². The van der Waals surface area contributed by atoms with E-state index in [1.807, 2.05) is 26.0 Å². The van der Waals surface area contributed by atoms with Gasteiger partial charge in [-0.3, -0.25) is 0 Å². The fraction of sp³-hybridized carbons (Fsp3) is 0.400. The van der Waals surface area contributed by atoms with E-state index in [1.54, 1.807) is 7.11 Å². The highest BCUT2D eigenvalue weighted by Gasteiger charge is 2.06. The molecule has 0 aliphatic heterocycles. The van der Waals surface area contributed by atoms with E-state index < -0.39 is 0 Å². The van der Waals surface area contributed by atoms with Crippen LogP contribution >= 0.6 is 15.9 Å². The molecular weight excluding hydrogens is 232 g/mol. The number of rotatable bonds is 3. The van der Waals surface area contributed by atoms with Crippen molar-refractivity contribution >= 4 is 15.9 Å². The number of aryl methyl sites for hydroxylation is 1. The molecule has 1 aromatic rings. The molecule has 0 aliphatic carbocycles. The van der Waals surface area contributed by atoms with Crippen molar-refractivity contribution in [2.24, 2.45) is 0 Å². The summed E-state index contributed by atoms with van der Waals surface area (Å²) in [6, 6.07) is 3.85. The second-order valence-electron chi connectivity index (χ2n) is 2.69. The first-order valence-corrected chi connectivity index (χ1v) is 4.95. The molecule has 0 aliphatic rings. The van der Waals surface area contributed by atoms with E-state index in [0.717, 1.165) is 21.5 Å². The molecule has 0 N–H and O–H groups in total.